The molecule has 0 N–H and O–H groups in total. The summed E-state index contributed by atoms with van der Waals surface area (Å²) >= 11 is 0. The molecule has 1 aromatic rings. The number of methoxy groups -OCH3 is 2. The van der Waals surface area contributed by atoms with E-state index in [-0.39, 0.29) is 17.7 Å². The van der Waals surface area contributed by atoms with Crippen LogP contribution in [0.4, 0.5) is 4.39 Å². The number of ketones is 1. The van der Waals surface area contributed by atoms with Crippen LogP contribution in [0.1, 0.15) is 16.8 Å². The van der Waals surface area contributed by atoms with Crippen LogP contribution >= 0.6 is 0 Å². The second-order valence-electron chi connectivity index (χ2n) is 4.19. The first-order chi connectivity index (χ1) is 9.79. The quantitative estimate of drug-likeness (QED) is 0.550. The lowest BCUT2D eigenvalue weighted by Gasteiger charge is -2.08. The zero-order chi connectivity index (χ0) is 16.0. The smallest absolute Gasteiger partial charge is 0.306 e. The molecule has 8 heteroatoms. The van der Waals surface area contributed by atoms with Crippen LogP contribution in [0.3, 0.4) is 0 Å². The summed E-state index contributed by atoms with van der Waals surface area (Å²) in [6, 6.07) is 3.25. The lowest BCUT2D eigenvalue weighted by atomic mass is 10.1. The third-order valence-electron chi connectivity index (χ3n) is 2.66. The monoisotopic (exact) mass is 318 g/mol. The first-order valence-electron chi connectivity index (χ1n) is 5.93. The highest BCUT2D eigenvalue weighted by atomic mass is 32.2. The average molecular weight is 318 g/mol. The van der Waals surface area contributed by atoms with Crippen LogP contribution < -0.4 is 4.74 Å². The van der Waals surface area contributed by atoms with E-state index in [1.54, 1.807) is 0 Å². The molecular formula is C13H15FO6S. The van der Waals surface area contributed by atoms with Crippen molar-refractivity contribution in [2.45, 2.75) is 6.42 Å². The Morgan fingerprint density at radius 3 is 2.48 bits per heavy atom. The first-order valence-corrected chi connectivity index (χ1v) is 7.75. The van der Waals surface area contributed by atoms with E-state index < -0.39 is 38.9 Å². The van der Waals surface area contributed by atoms with Gasteiger partial charge >= 0.3 is 5.97 Å². The minimum absolute atomic E-state index is 0.0876. The zero-order valence-corrected chi connectivity index (χ0v) is 12.4. The number of benzene rings is 1. The Morgan fingerprint density at radius 2 is 1.90 bits per heavy atom. The van der Waals surface area contributed by atoms with Gasteiger partial charge in [-0.3, -0.25) is 9.59 Å². The highest BCUT2D eigenvalue weighted by Crippen LogP contribution is 2.20. The maximum Gasteiger partial charge on any atom is 0.306 e. The predicted molar refractivity (Wildman–Crippen MR) is 72.6 cm³/mol. The van der Waals surface area contributed by atoms with Gasteiger partial charge < -0.3 is 9.47 Å². The Bertz CT molecular complexity index is 638. The van der Waals surface area contributed by atoms with Gasteiger partial charge in [-0.05, 0) is 18.2 Å². The molecule has 0 unspecified atom stereocenters. The fourth-order valence-electron chi connectivity index (χ4n) is 1.59. The molecule has 0 heterocycles. The number of hydrogen-bond acceptors (Lipinski definition) is 6. The number of ether oxygens (including phenoxy) is 2. The Hall–Kier alpha value is -1.96. The summed E-state index contributed by atoms with van der Waals surface area (Å²) in [5.74, 6) is -3.41. The zero-order valence-electron chi connectivity index (χ0n) is 11.6. The molecule has 0 saturated heterocycles. The Morgan fingerprint density at radius 1 is 1.24 bits per heavy atom. The average Bonchev–Trinajstić information content (AvgIpc) is 2.44. The molecule has 0 aromatic heterocycles. The molecule has 0 aliphatic heterocycles. The molecule has 0 radical (unpaired) electrons. The van der Waals surface area contributed by atoms with Gasteiger partial charge in [0.05, 0.1) is 32.0 Å². The molecule has 0 aliphatic carbocycles. The molecule has 116 valence electrons. The summed E-state index contributed by atoms with van der Waals surface area (Å²) < 4.78 is 45.9. The van der Waals surface area contributed by atoms with Gasteiger partial charge in [-0.15, -0.1) is 0 Å². The molecule has 0 fully saturated rings. The Labute approximate surface area is 121 Å². The van der Waals surface area contributed by atoms with E-state index in [1.165, 1.54) is 13.2 Å². The second-order valence-corrected chi connectivity index (χ2v) is 6.37. The SMILES string of the molecule is COC(=O)CCS(=O)(=O)CC(=O)c1cc(F)ccc1OC. The van der Waals surface area contributed by atoms with Gasteiger partial charge in [0, 0.05) is 0 Å². The molecule has 0 spiro atoms. The highest BCUT2D eigenvalue weighted by Gasteiger charge is 2.22. The second kappa shape index (κ2) is 7.16. The van der Waals surface area contributed by atoms with Gasteiger partial charge in [-0.2, -0.15) is 0 Å². The van der Waals surface area contributed by atoms with Crippen molar-refractivity contribution >= 4 is 21.6 Å². The number of Topliss-reactive ketones (excluding diaryl/α,β-unsaturated/α-hetero) is 1. The largest absolute Gasteiger partial charge is 0.496 e. The topological polar surface area (TPSA) is 86.7 Å². The van der Waals surface area contributed by atoms with Crippen molar-refractivity contribution in [3.05, 3.63) is 29.6 Å². The van der Waals surface area contributed by atoms with Gasteiger partial charge in [0.1, 0.15) is 17.3 Å². The van der Waals surface area contributed by atoms with Crippen LogP contribution in [0.15, 0.2) is 18.2 Å². The van der Waals surface area contributed by atoms with Crippen molar-refractivity contribution in [3.8, 4) is 5.75 Å². The molecule has 0 atom stereocenters. The molecule has 0 saturated carbocycles. The molecule has 1 aromatic carbocycles. The number of halogens is 1. The van der Waals surface area contributed by atoms with Crippen molar-refractivity contribution < 1.29 is 31.9 Å². The van der Waals surface area contributed by atoms with E-state index in [4.69, 9.17) is 4.74 Å². The van der Waals surface area contributed by atoms with E-state index >= 15 is 0 Å². The number of sulfone groups is 1. The van der Waals surface area contributed by atoms with E-state index in [9.17, 15) is 22.4 Å². The summed E-state index contributed by atoms with van der Waals surface area (Å²) in [6.45, 7) is 0. The van der Waals surface area contributed by atoms with Crippen molar-refractivity contribution in [1.82, 2.24) is 0 Å². The van der Waals surface area contributed by atoms with E-state index in [1.807, 2.05) is 0 Å². The molecule has 0 bridgehead atoms. The summed E-state index contributed by atoms with van der Waals surface area (Å²) in [7, 11) is -1.38. The van der Waals surface area contributed by atoms with Gasteiger partial charge in [0.2, 0.25) is 0 Å². The predicted octanol–water partition coefficient (Wildman–Crippen LogP) is 0.995. The van der Waals surface area contributed by atoms with Crippen LogP contribution in [0, 0.1) is 5.82 Å². The van der Waals surface area contributed by atoms with Crippen LogP contribution in [-0.2, 0) is 19.4 Å². The van der Waals surface area contributed by atoms with Crippen molar-refractivity contribution in [1.29, 1.82) is 0 Å². The van der Waals surface area contributed by atoms with Gasteiger partial charge in [0.15, 0.2) is 15.6 Å². The summed E-state index contributed by atoms with van der Waals surface area (Å²) in [6.07, 6.45) is -0.341. The maximum absolute atomic E-state index is 13.2. The number of carbonyl (C=O) groups excluding carboxylic acids is 2. The molecule has 1 rings (SSSR count). The van der Waals surface area contributed by atoms with E-state index in [0.29, 0.717) is 0 Å². The van der Waals surface area contributed by atoms with Gasteiger partial charge in [-0.25, -0.2) is 12.8 Å². The minimum Gasteiger partial charge on any atom is -0.496 e. The van der Waals surface area contributed by atoms with Crippen molar-refractivity contribution in [3.63, 3.8) is 0 Å². The van der Waals surface area contributed by atoms with Crippen LogP contribution in [0.5, 0.6) is 5.75 Å². The van der Waals surface area contributed by atoms with Crippen LogP contribution in [0.25, 0.3) is 0 Å². The number of esters is 1. The molecular weight excluding hydrogens is 303 g/mol. The molecule has 0 amide bonds. The fourth-order valence-corrected chi connectivity index (χ4v) is 2.77. The van der Waals surface area contributed by atoms with Crippen LogP contribution in [0.2, 0.25) is 0 Å². The first kappa shape index (κ1) is 17.1. The number of carbonyl (C=O) groups is 2. The third-order valence-corrected chi connectivity index (χ3v) is 4.19. The Balaban J connectivity index is 2.85. The Kier molecular flexibility index (Phi) is 5.83. The molecule has 6 nitrogen and oxygen atoms in total. The van der Waals surface area contributed by atoms with Crippen LogP contribution in [-0.4, -0.2) is 45.9 Å². The fraction of sp³-hybridized carbons (Fsp3) is 0.385. The van der Waals surface area contributed by atoms with Crippen molar-refractivity contribution in [2.24, 2.45) is 0 Å². The minimum atomic E-state index is -3.80. The number of rotatable bonds is 7. The van der Waals surface area contributed by atoms with Gasteiger partial charge in [0.25, 0.3) is 0 Å². The van der Waals surface area contributed by atoms with Crippen molar-refractivity contribution in [2.75, 3.05) is 25.7 Å². The van der Waals surface area contributed by atoms with Gasteiger partial charge in [-0.1, -0.05) is 0 Å². The third kappa shape index (κ3) is 5.14. The normalized spacial score (nSPS) is 11.0. The maximum atomic E-state index is 13.2. The number of hydrogen-bond donors (Lipinski definition) is 0. The molecule has 21 heavy (non-hydrogen) atoms. The molecule has 0 aliphatic rings. The lowest BCUT2D eigenvalue weighted by molar-refractivity contribution is -0.140. The standard InChI is InChI=1S/C13H15FO6S/c1-19-12-4-3-9(14)7-10(12)11(15)8-21(17,18)6-5-13(16)20-2/h3-4,7H,5-6,8H2,1-2H3. The summed E-state index contributed by atoms with van der Waals surface area (Å²) in [5.41, 5.74) is -0.154. The summed E-state index contributed by atoms with van der Waals surface area (Å²) in [4.78, 5) is 22.9. The lowest BCUT2D eigenvalue weighted by Crippen LogP contribution is -2.21. The highest BCUT2D eigenvalue weighted by molar-refractivity contribution is 7.92. The summed E-state index contributed by atoms with van der Waals surface area (Å²) in [5, 5.41) is 0. The van der Waals surface area contributed by atoms with E-state index in [2.05, 4.69) is 4.74 Å². The van der Waals surface area contributed by atoms with E-state index in [0.717, 1.165) is 19.2 Å².